The van der Waals surface area contributed by atoms with E-state index in [0.717, 1.165) is 11.3 Å². The standard InChI is InChI=1S/C19H18ClNO3/c1-2-24-17-9-7-16(8-10-17)21-18(22)12-14(19(21)23)11-13-3-5-15(20)6-4-13/h3-10,14H,2,11-12H2,1H3. The van der Waals surface area contributed by atoms with Crippen LogP contribution in [0.15, 0.2) is 48.5 Å². The second-order valence-electron chi connectivity index (χ2n) is 5.73. The van der Waals surface area contributed by atoms with E-state index in [-0.39, 0.29) is 24.2 Å². The zero-order valence-electron chi connectivity index (χ0n) is 13.4. The van der Waals surface area contributed by atoms with Crippen molar-refractivity contribution in [1.82, 2.24) is 0 Å². The van der Waals surface area contributed by atoms with Crippen LogP contribution in [-0.2, 0) is 16.0 Å². The zero-order valence-corrected chi connectivity index (χ0v) is 14.1. The first-order valence-electron chi connectivity index (χ1n) is 7.92. The number of rotatable bonds is 5. The smallest absolute Gasteiger partial charge is 0.237 e. The molecule has 2 amide bonds. The number of nitrogens with zero attached hydrogens (tertiary/aromatic N) is 1. The highest BCUT2D eigenvalue weighted by Gasteiger charge is 2.39. The fourth-order valence-corrected chi connectivity index (χ4v) is 3.01. The van der Waals surface area contributed by atoms with Crippen LogP contribution in [0.4, 0.5) is 5.69 Å². The maximum absolute atomic E-state index is 12.6. The third-order valence-corrected chi connectivity index (χ3v) is 4.29. The van der Waals surface area contributed by atoms with Crippen molar-refractivity contribution < 1.29 is 14.3 Å². The van der Waals surface area contributed by atoms with Crippen LogP contribution in [0.5, 0.6) is 5.75 Å². The molecule has 1 fully saturated rings. The molecule has 0 bridgehead atoms. The normalized spacial score (nSPS) is 17.4. The maximum atomic E-state index is 12.6. The molecular formula is C19H18ClNO3. The Morgan fingerprint density at radius 1 is 1.08 bits per heavy atom. The molecule has 1 aliphatic heterocycles. The molecule has 1 aliphatic rings. The van der Waals surface area contributed by atoms with Crippen molar-refractivity contribution in [2.24, 2.45) is 5.92 Å². The van der Waals surface area contributed by atoms with Crippen LogP contribution in [0, 0.1) is 5.92 Å². The molecule has 2 aromatic carbocycles. The van der Waals surface area contributed by atoms with E-state index >= 15 is 0 Å². The van der Waals surface area contributed by atoms with Crippen molar-refractivity contribution in [3.8, 4) is 5.75 Å². The minimum atomic E-state index is -0.328. The number of hydrogen-bond acceptors (Lipinski definition) is 3. The molecule has 24 heavy (non-hydrogen) atoms. The number of ether oxygens (including phenoxy) is 1. The molecule has 1 heterocycles. The van der Waals surface area contributed by atoms with Crippen LogP contribution in [-0.4, -0.2) is 18.4 Å². The summed E-state index contributed by atoms with van der Waals surface area (Å²) in [7, 11) is 0. The summed E-state index contributed by atoms with van der Waals surface area (Å²) in [5.41, 5.74) is 1.59. The molecule has 1 unspecified atom stereocenters. The van der Waals surface area contributed by atoms with Gasteiger partial charge in [0.15, 0.2) is 0 Å². The Balaban J connectivity index is 1.74. The summed E-state index contributed by atoms with van der Waals surface area (Å²) in [5, 5.41) is 0.656. The molecule has 0 aromatic heterocycles. The average Bonchev–Trinajstić information content (AvgIpc) is 2.85. The molecule has 4 nitrogen and oxygen atoms in total. The minimum Gasteiger partial charge on any atom is -0.494 e. The number of carbonyl (C=O) groups excluding carboxylic acids is 2. The van der Waals surface area contributed by atoms with Gasteiger partial charge < -0.3 is 4.74 Å². The van der Waals surface area contributed by atoms with Gasteiger partial charge in [0.05, 0.1) is 18.2 Å². The first kappa shape index (κ1) is 16.5. The van der Waals surface area contributed by atoms with E-state index in [1.165, 1.54) is 4.90 Å². The van der Waals surface area contributed by atoms with Crippen LogP contribution < -0.4 is 9.64 Å². The Bertz CT molecular complexity index is 740. The fourth-order valence-electron chi connectivity index (χ4n) is 2.89. The molecule has 0 spiro atoms. The lowest BCUT2D eigenvalue weighted by molar-refractivity contribution is -0.122. The molecule has 124 valence electrons. The highest BCUT2D eigenvalue weighted by molar-refractivity contribution is 6.30. The van der Waals surface area contributed by atoms with Gasteiger partial charge in [-0.2, -0.15) is 0 Å². The van der Waals surface area contributed by atoms with Crippen molar-refractivity contribution in [1.29, 1.82) is 0 Å². The largest absolute Gasteiger partial charge is 0.494 e. The minimum absolute atomic E-state index is 0.154. The van der Waals surface area contributed by atoms with E-state index in [2.05, 4.69) is 0 Å². The highest BCUT2D eigenvalue weighted by Crippen LogP contribution is 2.30. The third-order valence-electron chi connectivity index (χ3n) is 4.04. The maximum Gasteiger partial charge on any atom is 0.237 e. The highest BCUT2D eigenvalue weighted by atomic mass is 35.5. The summed E-state index contributed by atoms with van der Waals surface area (Å²) in [5.74, 6) is 0.0746. The Hall–Kier alpha value is -2.33. The SMILES string of the molecule is CCOc1ccc(N2C(=O)CC(Cc3ccc(Cl)cc3)C2=O)cc1. The predicted octanol–water partition coefficient (Wildman–Crippen LogP) is 3.86. The second kappa shape index (κ2) is 7.05. The monoisotopic (exact) mass is 343 g/mol. The number of anilines is 1. The van der Waals surface area contributed by atoms with Crippen LogP contribution in [0.25, 0.3) is 0 Å². The van der Waals surface area contributed by atoms with Gasteiger partial charge in [-0.1, -0.05) is 23.7 Å². The molecule has 0 aliphatic carbocycles. The molecule has 1 saturated heterocycles. The van der Waals surface area contributed by atoms with Gasteiger partial charge in [-0.15, -0.1) is 0 Å². The summed E-state index contributed by atoms with van der Waals surface area (Å²) in [6, 6.07) is 14.4. The Morgan fingerprint density at radius 3 is 2.38 bits per heavy atom. The van der Waals surface area contributed by atoms with Crippen molar-refractivity contribution >= 4 is 29.1 Å². The van der Waals surface area contributed by atoms with Crippen molar-refractivity contribution in [3.63, 3.8) is 0 Å². The van der Waals surface area contributed by atoms with Crippen LogP contribution in [0.3, 0.4) is 0 Å². The molecule has 0 saturated carbocycles. The van der Waals surface area contributed by atoms with Gasteiger partial charge in [0.25, 0.3) is 0 Å². The lowest BCUT2D eigenvalue weighted by Gasteiger charge is -2.15. The number of halogens is 1. The van der Waals surface area contributed by atoms with Crippen molar-refractivity contribution in [3.05, 3.63) is 59.1 Å². The first-order chi connectivity index (χ1) is 11.6. The Labute approximate surface area is 146 Å². The number of carbonyl (C=O) groups is 2. The third kappa shape index (κ3) is 3.44. The van der Waals surface area contributed by atoms with Gasteiger partial charge in [-0.3, -0.25) is 14.5 Å². The van der Waals surface area contributed by atoms with E-state index in [9.17, 15) is 9.59 Å². The topological polar surface area (TPSA) is 46.6 Å². The molecule has 0 N–H and O–H groups in total. The van der Waals surface area contributed by atoms with Crippen LogP contribution in [0.2, 0.25) is 5.02 Å². The molecule has 1 atom stereocenters. The predicted molar refractivity (Wildman–Crippen MR) is 93.4 cm³/mol. The van der Waals surface area contributed by atoms with Crippen LogP contribution >= 0.6 is 11.6 Å². The fraction of sp³-hybridized carbons (Fsp3) is 0.263. The van der Waals surface area contributed by atoms with E-state index in [0.29, 0.717) is 23.7 Å². The number of imide groups is 1. The summed E-state index contributed by atoms with van der Waals surface area (Å²) < 4.78 is 5.39. The zero-order chi connectivity index (χ0) is 17.1. The quantitative estimate of drug-likeness (QED) is 0.774. The molecule has 3 rings (SSSR count). The van der Waals surface area contributed by atoms with Gasteiger partial charge in [-0.25, -0.2) is 0 Å². The molecular weight excluding hydrogens is 326 g/mol. The van der Waals surface area contributed by atoms with Gasteiger partial charge in [0, 0.05) is 11.4 Å². The second-order valence-corrected chi connectivity index (χ2v) is 6.16. The number of benzene rings is 2. The van der Waals surface area contributed by atoms with E-state index in [1.54, 1.807) is 36.4 Å². The molecule has 2 aromatic rings. The van der Waals surface area contributed by atoms with Crippen LogP contribution in [0.1, 0.15) is 18.9 Å². The Morgan fingerprint density at radius 2 is 1.75 bits per heavy atom. The summed E-state index contributed by atoms with van der Waals surface area (Å²) in [4.78, 5) is 26.2. The summed E-state index contributed by atoms with van der Waals surface area (Å²) in [6.07, 6.45) is 0.768. The van der Waals surface area contributed by atoms with E-state index in [1.807, 2.05) is 19.1 Å². The summed E-state index contributed by atoms with van der Waals surface area (Å²) in [6.45, 7) is 2.48. The van der Waals surface area contributed by atoms with Gasteiger partial charge in [0.2, 0.25) is 11.8 Å². The average molecular weight is 344 g/mol. The van der Waals surface area contributed by atoms with Gasteiger partial charge >= 0.3 is 0 Å². The first-order valence-corrected chi connectivity index (χ1v) is 8.30. The van der Waals surface area contributed by atoms with Gasteiger partial charge in [-0.05, 0) is 55.3 Å². The van der Waals surface area contributed by atoms with Gasteiger partial charge in [0.1, 0.15) is 5.75 Å². The summed E-state index contributed by atoms with van der Waals surface area (Å²) >= 11 is 5.88. The number of hydrogen-bond donors (Lipinski definition) is 0. The molecule has 0 radical (unpaired) electrons. The molecule has 5 heteroatoms. The lowest BCUT2D eigenvalue weighted by atomic mass is 9.98. The van der Waals surface area contributed by atoms with Crippen molar-refractivity contribution in [2.75, 3.05) is 11.5 Å². The van der Waals surface area contributed by atoms with E-state index < -0.39 is 0 Å². The van der Waals surface area contributed by atoms with E-state index in [4.69, 9.17) is 16.3 Å². The lowest BCUT2D eigenvalue weighted by Crippen LogP contribution is -2.30. The Kier molecular flexibility index (Phi) is 4.86. The van der Waals surface area contributed by atoms with Crippen molar-refractivity contribution in [2.45, 2.75) is 19.8 Å². The number of amides is 2.